The maximum atomic E-state index is 15.3. The Morgan fingerprint density at radius 3 is 1.92 bits per heavy atom. The van der Waals surface area contributed by atoms with E-state index in [1.54, 1.807) is 0 Å². The van der Waals surface area contributed by atoms with Gasteiger partial charge in [0.1, 0.15) is 11.6 Å². The fourth-order valence-corrected chi connectivity index (χ4v) is 6.41. The normalized spacial score (nSPS) is 24.6. The van der Waals surface area contributed by atoms with Gasteiger partial charge >= 0.3 is 0 Å². The van der Waals surface area contributed by atoms with Gasteiger partial charge in [-0.2, -0.15) is 0 Å². The summed E-state index contributed by atoms with van der Waals surface area (Å²) in [5.41, 5.74) is -0.0233. The molecule has 0 aliphatic heterocycles. The van der Waals surface area contributed by atoms with Crippen LogP contribution < -0.4 is 4.74 Å². The molecular weight excluding hydrogens is 471 g/mol. The molecule has 2 fully saturated rings. The van der Waals surface area contributed by atoms with Crippen LogP contribution >= 0.6 is 0 Å². The van der Waals surface area contributed by atoms with Crippen LogP contribution in [0.3, 0.4) is 0 Å². The number of hydrogen-bond donors (Lipinski definition) is 0. The molecule has 2 aliphatic carbocycles. The molecule has 0 heterocycles. The molecule has 0 N–H and O–H groups in total. The van der Waals surface area contributed by atoms with E-state index in [0.29, 0.717) is 36.8 Å². The second-order valence-corrected chi connectivity index (χ2v) is 10.8. The standard InChI is InChI=1S/C30H37F5O/c1-2-3-4-5-6-19-7-9-20(10-8-19)21-11-13-22(14-12-21)28-24(31)15-16-27(30(28)35)36-23-17-25(32)29(34)26(33)18-23/h15-22H,2-14H2,1H3. The summed E-state index contributed by atoms with van der Waals surface area (Å²) in [5, 5.41) is 0. The predicted octanol–water partition coefficient (Wildman–Crippen LogP) is 10.2. The van der Waals surface area contributed by atoms with Gasteiger partial charge in [-0.25, -0.2) is 22.0 Å². The Labute approximate surface area is 211 Å². The molecule has 2 aromatic carbocycles. The van der Waals surface area contributed by atoms with Crippen molar-refractivity contribution in [1.82, 2.24) is 0 Å². The number of benzene rings is 2. The van der Waals surface area contributed by atoms with Gasteiger partial charge in [-0.15, -0.1) is 0 Å². The number of rotatable bonds is 9. The highest BCUT2D eigenvalue weighted by molar-refractivity contribution is 5.38. The molecule has 1 nitrogen and oxygen atoms in total. The van der Waals surface area contributed by atoms with E-state index in [2.05, 4.69) is 6.92 Å². The Morgan fingerprint density at radius 2 is 1.31 bits per heavy atom. The Balaban J connectivity index is 1.34. The van der Waals surface area contributed by atoms with E-state index in [4.69, 9.17) is 4.74 Å². The van der Waals surface area contributed by atoms with Crippen molar-refractivity contribution in [2.75, 3.05) is 0 Å². The van der Waals surface area contributed by atoms with Crippen LogP contribution in [0.5, 0.6) is 11.5 Å². The smallest absolute Gasteiger partial charge is 0.194 e. The van der Waals surface area contributed by atoms with Crippen molar-refractivity contribution < 1.29 is 26.7 Å². The molecule has 2 saturated carbocycles. The van der Waals surface area contributed by atoms with Crippen LogP contribution in [-0.4, -0.2) is 0 Å². The van der Waals surface area contributed by atoms with E-state index in [1.165, 1.54) is 57.8 Å². The molecule has 198 valence electrons. The van der Waals surface area contributed by atoms with Gasteiger partial charge in [0.15, 0.2) is 29.0 Å². The van der Waals surface area contributed by atoms with E-state index >= 15 is 4.39 Å². The maximum Gasteiger partial charge on any atom is 0.194 e. The lowest BCUT2D eigenvalue weighted by Gasteiger charge is -2.38. The predicted molar refractivity (Wildman–Crippen MR) is 132 cm³/mol. The molecule has 0 radical (unpaired) electrons. The van der Waals surface area contributed by atoms with Crippen molar-refractivity contribution in [2.24, 2.45) is 17.8 Å². The minimum Gasteiger partial charge on any atom is -0.454 e. The highest BCUT2D eigenvalue weighted by atomic mass is 19.2. The number of hydrogen-bond acceptors (Lipinski definition) is 1. The molecule has 0 spiro atoms. The van der Waals surface area contributed by atoms with E-state index < -0.39 is 29.1 Å². The lowest BCUT2D eigenvalue weighted by atomic mass is 9.68. The Hall–Kier alpha value is -2.11. The van der Waals surface area contributed by atoms with Gasteiger partial charge in [-0.1, -0.05) is 51.9 Å². The molecule has 2 aromatic rings. The van der Waals surface area contributed by atoms with Crippen molar-refractivity contribution >= 4 is 0 Å². The topological polar surface area (TPSA) is 9.23 Å². The van der Waals surface area contributed by atoms with Gasteiger partial charge in [0.2, 0.25) is 0 Å². The average molecular weight is 509 g/mol. The number of halogens is 5. The van der Waals surface area contributed by atoms with Crippen LogP contribution in [0.1, 0.15) is 102 Å². The second-order valence-electron chi connectivity index (χ2n) is 10.8. The third-order valence-electron chi connectivity index (χ3n) is 8.48. The van der Waals surface area contributed by atoms with Crippen molar-refractivity contribution in [3.05, 3.63) is 58.9 Å². The van der Waals surface area contributed by atoms with Gasteiger partial charge < -0.3 is 4.74 Å². The first kappa shape index (κ1) is 26.9. The van der Waals surface area contributed by atoms with Gasteiger partial charge in [0.05, 0.1) is 0 Å². The van der Waals surface area contributed by atoms with Gasteiger partial charge in [-0.05, 0) is 74.3 Å². The quantitative estimate of drug-likeness (QED) is 0.186. The minimum atomic E-state index is -1.63. The van der Waals surface area contributed by atoms with Gasteiger partial charge in [0.25, 0.3) is 0 Å². The zero-order chi connectivity index (χ0) is 25.7. The first-order chi connectivity index (χ1) is 17.4. The minimum absolute atomic E-state index is 0.0233. The van der Waals surface area contributed by atoms with E-state index in [9.17, 15) is 17.6 Å². The Morgan fingerprint density at radius 1 is 0.694 bits per heavy atom. The van der Waals surface area contributed by atoms with E-state index in [1.807, 2.05) is 0 Å². The molecule has 0 aromatic heterocycles. The SMILES string of the molecule is CCCCCCC1CCC(C2CCC(c3c(F)ccc(Oc4cc(F)c(F)c(F)c4)c3F)CC2)CC1. The average Bonchev–Trinajstić information content (AvgIpc) is 2.88. The highest BCUT2D eigenvalue weighted by Gasteiger charge is 2.33. The zero-order valence-corrected chi connectivity index (χ0v) is 21.1. The summed E-state index contributed by atoms with van der Waals surface area (Å²) in [6, 6.07) is 3.51. The van der Waals surface area contributed by atoms with E-state index in [0.717, 1.165) is 30.9 Å². The monoisotopic (exact) mass is 508 g/mol. The van der Waals surface area contributed by atoms with Crippen LogP contribution in [0.2, 0.25) is 0 Å². The molecule has 0 bridgehead atoms. The van der Waals surface area contributed by atoms with E-state index in [-0.39, 0.29) is 23.0 Å². The van der Waals surface area contributed by atoms with Crippen molar-refractivity contribution in [2.45, 2.75) is 96.3 Å². The van der Waals surface area contributed by atoms with Crippen LogP contribution in [-0.2, 0) is 0 Å². The molecule has 0 unspecified atom stereocenters. The summed E-state index contributed by atoms with van der Waals surface area (Å²) in [5.74, 6) is -4.76. The van der Waals surface area contributed by atoms with Crippen LogP contribution in [0.4, 0.5) is 22.0 Å². The van der Waals surface area contributed by atoms with Crippen molar-refractivity contribution in [3.63, 3.8) is 0 Å². The molecule has 6 heteroatoms. The molecule has 2 aliphatic rings. The fraction of sp³-hybridized carbons (Fsp3) is 0.600. The molecule has 0 saturated heterocycles. The summed E-state index contributed by atoms with van der Waals surface area (Å²) in [4.78, 5) is 0. The van der Waals surface area contributed by atoms with Crippen LogP contribution in [0, 0.1) is 46.8 Å². The Kier molecular flexibility index (Phi) is 9.30. The fourth-order valence-electron chi connectivity index (χ4n) is 6.41. The number of ether oxygens (including phenoxy) is 1. The zero-order valence-electron chi connectivity index (χ0n) is 21.1. The summed E-state index contributed by atoms with van der Waals surface area (Å²) < 4.78 is 75.6. The second kappa shape index (κ2) is 12.4. The maximum absolute atomic E-state index is 15.3. The lowest BCUT2D eigenvalue weighted by Crippen LogP contribution is -2.26. The first-order valence-corrected chi connectivity index (χ1v) is 13.7. The third-order valence-corrected chi connectivity index (χ3v) is 8.48. The van der Waals surface area contributed by atoms with Crippen molar-refractivity contribution in [3.8, 4) is 11.5 Å². The summed E-state index contributed by atoms with van der Waals surface area (Å²) >= 11 is 0. The highest BCUT2D eigenvalue weighted by Crippen LogP contribution is 2.46. The molecule has 4 rings (SSSR count). The number of unbranched alkanes of at least 4 members (excludes halogenated alkanes) is 3. The van der Waals surface area contributed by atoms with Crippen molar-refractivity contribution in [1.29, 1.82) is 0 Å². The molecule has 0 atom stereocenters. The van der Waals surface area contributed by atoms with Gasteiger partial charge in [0, 0.05) is 17.7 Å². The molecule has 36 heavy (non-hydrogen) atoms. The molecule has 0 amide bonds. The summed E-state index contributed by atoms with van der Waals surface area (Å²) in [7, 11) is 0. The summed E-state index contributed by atoms with van der Waals surface area (Å²) in [6.07, 6.45) is 15.1. The van der Waals surface area contributed by atoms with Gasteiger partial charge in [-0.3, -0.25) is 0 Å². The molecular formula is C30H37F5O. The van der Waals surface area contributed by atoms with Crippen LogP contribution in [0.15, 0.2) is 24.3 Å². The lowest BCUT2D eigenvalue weighted by molar-refractivity contribution is 0.154. The Bertz CT molecular complexity index is 984. The third kappa shape index (κ3) is 6.41. The van der Waals surface area contributed by atoms with Crippen LogP contribution in [0.25, 0.3) is 0 Å². The summed E-state index contributed by atoms with van der Waals surface area (Å²) in [6.45, 7) is 2.24. The first-order valence-electron chi connectivity index (χ1n) is 13.7. The largest absolute Gasteiger partial charge is 0.454 e.